The van der Waals surface area contributed by atoms with E-state index in [1.165, 1.54) is 96.3 Å². The molecule has 0 spiro atoms. The van der Waals surface area contributed by atoms with Gasteiger partial charge < -0.3 is 39.9 Å². The van der Waals surface area contributed by atoms with Crippen molar-refractivity contribution >= 4 is 19.8 Å². The van der Waals surface area contributed by atoms with Crippen LogP contribution in [-0.2, 0) is 32.7 Å². The van der Waals surface area contributed by atoms with Crippen molar-refractivity contribution in [2.75, 3.05) is 13.2 Å². The first kappa shape index (κ1) is 58.8. The lowest BCUT2D eigenvalue weighted by atomic mass is 9.85. The summed E-state index contributed by atoms with van der Waals surface area (Å²) in [7, 11) is -5.13. The fourth-order valence-electron chi connectivity index (χ4n) is 7.22. The summed E-state index contributed by atoms with van der Waals surface area (Å²) in [6.07, 6.45) is 33.1. The highest BCUT2D eigenvalue weighted by Gasteiger charge is 2.51. The molecule has 0 aliphatic heterocycles. The number of hydrogen-bond donors (Lipinski definition) is 6. The van der Waals surface area contributed by atoms with Gasteiger partial charge >= 0.3 is 19.8 Å². The van der Waals surface area contributed by atoms with Crippen LogP contribution < -0.4 is 0 Å². The molecular weight excluding hydrogens is 827 g/mol. The van der Waals surface area contributed by atoms with Crippen molar-refractivity contribution in [2.24, 2.45) is 0 Å². The molecule has 1 aliphatic rings. The molecule has 366 valence electrons. The summed E-state index contributed by atoms with van der Waals surface area (Å²) >= 11 is 0. The minimum Gasteiger partial charge on any atom is -0.462 e. The maximum Gasteiger partial charge on any atom is 0.472 e. The predicted octanol–water partition coefficient (Wildman–Crippen LogP) is 9.95. The van der Waals surface area contributed by atoms with E-state index >= 15 is 0 Å². The molecule has 0 heterocycles. The van der Waals surface area contributed by atoms with Crippen molar-refractivity contribution in [2.45, 2.75) is 236 Å². The average Bonchev–Trinajstić information content (AvgIpc) is 3.26. The average molecular weight is 915 g/mol. The number of rotatable bonds is 40. The van der Waals surface area contributed by atoms with Gasteiger partial charge in [-0.2, -0.15) is 0 Å². The number of phosphoric ester groups is 1. The highest BCUT2D eigenvalue weighted by molar-refractivity contribution is 7.47. The van der Waals surface area contributed by atoms with Crippen LogP contribution in [0.4, 0.5) is 0 Å². The Morgan fingerprint density at radius 3 is 1.35 bits per heavy atom. The second kappa shape index (κ2) is 39.0. The molecule has 1 rings (SSSR count). The molecule has 1 fully saturated rings. The fourth-order valence-corrected chi connectivity index (χ4v) is 8.19. The van der Waals surface area contributed by atoms with Crippen molar-refractivity contribution in [3.05, 3.63) is 48.6 Å². The van der Waals surface area contributed by atoms with Crippen molar-refractivity contribution in [3.8, 4) is 0 Å². The molecule has 8 atom stereocenters. The SMILES string of the molecule is CCCCC/C=C/C/C=C/C/C=C/C/C=C/CCCC(=O)OC[C@@H](COP(=O)(O)OC1C(O)C(O)C(O)[C@H](O)C1O)OC(=O)CCCCCCCCCCCCCCCCCCC. The summed E-state index contributed by atoms with van der Waals surface area (Å²) in [6, 6.07) is 0. The summed E-state index contributed by atoms with van der Waals surface area (Å²) in [6.45, 7) is 3.24. The monoisotopic (exact) mass is 915 g/mol. The molecule has 13 nitrogen and oxygen atoms in total. The standard InChI is InChI=1S/C49H87O13P/c1-3-5-7-9-11-13-15-17-19-21-23-25-27-29-31-33-35-37-42(50)59-39-41(40-60-63(57,58)62-49-47(55)45(53)44(52)46(54)48(49)56)61-43(51)38-36-34-32-30-28-26-24-22-20-18-16-14-12-10-8-6-4-2/h11,13,17,19,23,25,29,31,41,44-49,52-56H,3-10,12,14-16,18,20-22,24,26-28,30,32-40H2,1-2H3,(H,57,58)/b13-11+,19-17+,25-23+,31-29+/t41-,44?,45-,46?,47?,48?,49?/m0/s1. The van der Waals surface area contributed by atoms with Crippen molar-refractivity contribution < 1.29 is 63.1 Å². The van der Waals surface area contributed by atoms with Crippen LogP contribution in [0.15, 0.2) is 48.6 Å². The summed E-state index contributed by atoms with van der Waals surface area (Å²) in [5.41, 5.74) is 0. The molecule has 0 bridgehead atoms. The minimum atomic E-state index is -5.13. The van der Waals surface area contributed by atoms with Crippen molar-refractivity contribution in [1.82, 2.24) is 0 Å². The minimum absolute atomic E-state index is 0.0873. The number of carbonyl (C=O) groups excluding carboxylic acids is 2. The lowest BCUT2D eigenvalue weighted by Crippen LogP contribution is -2.64. The Hall–Kier alpha value is -2.19. The van der Waals surface area contributed by atoms with E-state index in [4.69, 9.17) is 18.5 Å². The Morgan fingerprint density at radius 1 is 0.492 bits per heavy atom. The zero-order chi connectivity index (χ0) is 46.4. The van der Waals surface area contributed by atoms with Gasteiger partial charge in [-0.1, -0.05) is 178 Å². The quantitative estimate of drug-likeness (QED) is 0.0147. The second-order valence-corrected chi connectivity index (χ2v) is 18.4. The van der Waals surface area contributed by atoms with E-state index in [1.807, 2.05) is 12.2 Å². The van der Waals surface area contributed by atoms with Gasteiger partial charge in [-0.3, -0.25) is 18.6 Å². The highest BCUT2D eigenvalue weighted by Crippen LogP contribution is 2.47. The molecule has 0 aromatic carbocycles. The van der Waals surface area contributed by atoms with Crippen LogP contribution in [0, 0.1) is 0 Å². The first-order valence-corrected chi connectivity index (χ1v) is 25.9. The van der Waals surface area contributed by atoms with Crippen LogP contribution in [0.2, 0.25) is 0 Å². The van der Waals surface area contributed by atoms with Gasteiger partial charge in [-0.25, -0.2) is 4.57 Å². The van der Waals surface area contributed by atoms with E-state index in [1.54, 1.807) is 0 Å². The maximum absolute atomic E-state index is 12.8. The Bertz CT molecular complexity index is 1290. The molecule has 14 heteroatoms. The van der Waals surface area contributed by atoms with Gasteiger partial charge in [0.1, 0.15) is 43.2 Å². The Labute approximate surface area is 380 Å². The third-order valence-electron chi connectivity index (χ3n) is 11.2. The van der Waals surface area contributed by atoms with Crippen molar-refractivity contribution in [3.63, 3.8) is 0 Å². The normalized spacial score (nSPS) is 22.1. The predicted molar refractivity (Wildman–Crippen MR) is 249 cm³/mol. The third kappa shape index (κ3) is 31.4. The summed E-state index contributed by atoms with van der Waals surface area (Å²) < 4.78 is 33.5. The van der Waals surface area contributed by atoms with E-state index in [9.17, 15) is 44.6 Å². The molecule has 0 amide bonds. The molecule has 1 saturated carbocycles. The molecule has 0 saturated heterocycles. The van der Waals surface area contributed by atoms with Crippen LogP contribution in [0.3, 0.4) is 0 Å². The maximum atomic E-state index is 12.8. The number of aliphatic hydroxyl groups excluding tert-OH is 5. The van der Waals surface area contributed by atoms with Crippen LogP contribution in [0.1, 0.15) is 194 Å². The lowest BCUT2D eigenvalue weighted by molar-refractivity contribution is -0.220. The number of carbonyl (C=O) groups is 2. The molecule has 6 N–H and O–H groups in total. The molecule has 0 aromatic heterocycles. The van der Waals surface area contributed by atoms with Gasteiger partial charge in [0.2, 0.25) is 0 Å². The van der Waals surface area contributed by atoms with Gasteiger partial charge in [0.05, 0.1) is 6.61 Å². The highest BCUT2D eigenvalue weighted by atomic mass is 31.2. The van der Waals surface area contributed by atoms with Gasteiger partial charge in [0.15, 0.2) is 6.10 Å². The summed E-state index contributed by atoms with van der Waals surface area (Å²) in [4.78, 5) is 35.7. The topological polar surface area (TPSA) is 210 Å². The first-order valence-electron chi connectivity index (χ1n) is 24.4. The van der Waals surface area contributed by atoms with E-state index in [0.717, 1.165) is 51.4 Å². The largest absolute Gasteiger partial charge is 0.472 e. The summed E-state index contributed by atoms with van der Waals surface area (Å²) in [5.74, 6) is -1.16. The zero-order valence-electron chi connectivity index (χ0n) is 38.9. The number of phosphoric acid groups is 1. The summed E-state index contributed by atoms with van der Waals surface area (Å²) in [5, 5.41) is 50.2. The van der Waals surface area contributed by atoms with Crippen LogP contribution in [-0.4, -0.2) is 98.3 Å². The molecule has 1 aliphatic carbocycles. The van der Waals surface area contributed by atoms with Crippen LogP contribution >= 0.6 is 7.82 Å². The van der Waals surface area contributed by atoms with E-state index < -0.39 is 75.7 Å². The second-order valence-electron chi connectivity index (χ2n) is 17.0. The van der Waals surface area contributed by atoms with Crippen LogP contribution in [0.5, 0.6) is 0 Å². The van der Waals surface area contributed by atoms with Gasteiger partial charge in [0, 0.05) is 12.8 Å². The number of aliphatic hydroxyl groups is 5. The molecule has 6 unspecified atom stereocenters. The third-order valence-corrected chi connectivity index (χ3v) is 12.2. The molecular formula is C49H87O13P. The first-order chi connectivity index (χ1) is 30.4. The number of allylic oxidation sites excluding steroid dienone is 8. The molecule has 0 aromatic rings. The van der Waals surface area contributed by atoms with Gasteiger partial charge in [-0.05, 0) is 51.4 Å². The fraction of sp³-hybridized carbons (Fsp3) is 0.796. The number of hydrogen-bond acceptors (Lipinski definition) is 12. The number of ether oxygens (including phenoxy) is 2. The molecule has 63 heavy (non-hydrogen) atoms. The Morgan fingerprint density at radius 2 is 0.873 bits per heavy atom. The van der Waals surface area contributed by atoms with Crippen LogP contribution in [0.25, 0.3) is 0 Å². The van der Waals surface area contributed by atoms with Gasteiger partial charge in [-0.15, -0.1) is 0 Å². The smallest absolute Gasteiger partial charge is 0.462 e. The Kier molecular flexibility index (Phi) is 36.4. The van der Waals surface area contributed by atoms with E-state index in [-0.39, 0.29) is 12.8 Å². The Balaban J connectivity index is 2.47. The zero-order valence-corrected chi connectivity index (χ0v) is 39.8. The van der Waals surface area contributed by atoms with Gasteiger partial charge in [0.25, 0.3) is 0 Å². The number of esters is 2. The number of unbranched alkanes of at least 4 members (excludes halogenated alkanes) is 20. The van der Waals surface area contributed by atoms with Crippen molar-refractivity contribution in [1.29, 1.82) is 0 Å². The van der Waals surface area contributed by atoms with E-state index in [2.05, 4.69) is 50.3 Å². The van der Waals surface area contributed by atoms with E-state index in [0.29, 0.717) is 19.3 Å². The molecule has 0 radical (unpaired) electrons. The lowest BCUT2D eigenvalue weighted by Gasteiger charge is -2.41.